The molecule has 4 aliphatic rings. The smallest absolute Gasteiger partial charge is 0.133 e. The molecule has 2 atom stereocenters. The quantitative estimate of drug-likeness (QED) is 0.718. The first-order valence-electron chi connectivity index (χ1n) is 9.80. The molecule has 0 saturated heterocycles. The maximum atomic E-state index is 11.0. The largest absolute Gasteiger partial charge is 0.495 e. The molecule has 1 aliphatic heterocycles. The summed E-state index contributed by atoms with van der Waals surface area (Å²) < 4.78 is 5.87. The minimum Gasteiger partial charge on any atom is -0.495 e. The van der Waals surface area contributed by atoms with E-state index in [1.54, 1.807) is 11.1 Å². The van der Waals surface area contributed by atoms with Crippen LogP contribution in [0.25, 0.3) is 0 Å². The van der Waals surface area contributed by atoms with Crippen LogP contribution in [0.15, 0.2) is 64.0 Å². The third-order valence-electron chi connectivity index (χ3n) is 6.54. The van der Waals surface area contributed by atoms with Gasteiger partial charge in [-0.05, 0) is 68.1 Å². The fourth-order valence-electron chi connectivity index (χ4n) is 5.33. The van der Waals surface area contributed by atoms with Crippen molar-refractivity contribution in [2.24, 2.45) is 0 Å². The Morgan fingerprint density at radius 3 is 2.52 bits per heavy atom. The number of allylic oxidation sites excluding steroid dienone is 4. The molecule has 5 rings (SSSR count). The van der Waals surface area contributed by atoms with E-state index in [9.17, 15) is 5.11 Å². The molecule has 1 heterocycles. The average molecular weight is 334 g/mol. The zero-order valence-corrected chi connectivity index (χ0v) is 14.8. The van der Waals surface area contributed by atoms with Crippen LogP contribution in [-0.2, 0) is 4.74 Å². The normalized spacial score (nSPS) is 29.0. The van der Waals surface area contributed by atoms with Crippen molar-refractivity contribution in [3.63, 3.8) is 0 Å². The van der Waals surface area contributed by atoms with Gasteiger partial charge in [-0.3, -0.25) is 0 Å². The summed E-state index contributed by atoms with van der Waals surface area (Å²) in [6, 6.07) is 10.9. The van der Waals surface area contributed by atoms with Crippen molar-refractivity contribution in [2.45, 2.75) is 63.4 Å². The topological polar surface area (TPSA) is 29.5 Å². The van der Waals surface area contributed by atoms with E-state index in [1.807, 2.05) is 0 Å². The van der Waals surface area contributed by atoms with Gasteiger partial charge in [-0.25, -0.2) is 0 Å². The number of hydrogen-bond acceptors (Lipinski definition) is 2. The van der Waals surface area contributed by atoms with Gasteiger partial charge in [0.1, 0.15) is 11.9 Å². The molecule has 1 aromatic carbocycles. The van der Waals surface area contributed by atoms with Gasteiger partial charge in [-0.2, -0.15) is 0 Å². The Kier molecular flexibility index (Phi) is 3.82. The van der Waals surface area contributed by atoms with E-state index < -0.39 is 6.10 Å². The van der Waals surface area contributed by atoms with Crippen LogP contribution < -0.4 is 0 Å². The minimum atomic E-state index is -0.494. The lowest BCUT2D eigenvalue weighted by atomic mass is 9.68. The summed E-state index contributed by atoms with van der Waals surface area (Å²) in [5.74, 6) is 1.43. The van der Waals surface area contributed by atoms with Crippen molar-refractivity contribution in [1.82, 2.24) is 0 Å². The van der Waals surface area contributed by atoms with Crippen LogP contribution in [0.1, 0.15) is 62.8 Å². The Labute approximate surface area is 149 Å². The molecule has 0 bridgehead atoms. The van der Waals surface area contributed by atoms with E-state index in [2.05, 4.69) is 30.3 Å². The SMILES string of the molecule is OC1C2=C(CC3=C1OCCC3)CC1=C(C2)C(c2ccccc2)CCC1. The molecule has 1 N–H and O–H groups in total. The highest BCUT2D eigenvalue weighted by Crippen LogP contribution is 2.50. The summed E-state index contributed by atoms with van der Waals surface area (Å²) in [4.78, 5) is 0. The summed E-state index contributed by atoms with van der Waals surface area (Å²) in [5, 5.41) is 11.0. The average Bonchev–Trinajstić information content (AvgIpc) is 2.67. The second-order valence-electron chi connectivity index (χ2n) is 7.97. The molecule has 25 heavy (non-hydrogen) atoms. The van der Waals surface area contributed by atoms with Crippen molar-refractivity contribution < 1.29 is 9.84 Å². The van der Waals surface area contributed by atoms with Gasteiger partial charge >= 0.3 is 0 Å². The molecule has 2 heteroatoms. The van der Waals surface area contributed by atoms with Gasteiger partial charge < -0.3 is 9.84 Å². The van der Waals surface area contributed by atoms with Gasteiger partial charge in [0.15, 0.2) is 0 Å². The standard InChI is InChI=1S/C23H26O2/c24-22-21-14-20-16(8-4-10-19(20)15-6-2-1-3-7-15)12-18(21)13-17-9-5-11-25-23(17)22/h1-3,6-7,19,22,24H,4-5,8-14H2. The fraction of sp³-hybridized carbons (Fsp3) is 0.478. The number of aliphatic hydroxyl groups is 1. The number of rotatable bonds is 1. The van der Waals surface area contributed by atoms with Crippen LogP contribution in [0.5, 0.6) is 0 Å². The highest BCUT2D eigenvalue weighted by molar-refractivity contribution is 5.48. The Hall–Kier alpha value is -1.80. The summed E-state index contributed by atoms with van der Waals surface area (Å²) in [6.45, 7) is 0.763. The molecule has 0 spiro atoms. The second-order valence-corrected chi connectivity index (χ2v) is 7.97. The molecular formula is C23H26O2. The number of hydrogen-bond donors (Lipinski definition) is 1. The molecule has 2 nitrogen and oxygen atoms in total. The first kappa shape index (κ1) is 15.5. The van der Waals surface area contributed by atoms with Crippen molar-refractivity contribution in [3.05, 3.63) is 69.5 Å². The Morgan fingerprint density at radius 2 is 1.64 bits per heavy atom. The molecule has 1 aromatic rings. The monoisotopic (exact) mass is 334 g/mol. The molecule has 130 valence electrons. The number of aliphatic hydroxyl groups excluding tert-OH is 1. The lowest BCUT2D eigenvalue weighted by Crippen LogP contribution is -2.29. The molecule has 0 saturated carbocycles. The number of ether oxygens (including phenoxy) is 1. The van der Waals surface area contributed by atoms with Crippen molar-refractivity contribution in [2.75, 3.05) is 6.61 Å². The van der Waals surface area contributed by atoms with Gasteiger partial charge in [0, 0.05) is 5.92 Å². The summed E-state index contributed by atoms with van der Waals surface area (Å²) in [5.41, 5.74) is 8.79. The minimum absolute atomic E-state index is 0.494. The first-order chi connectivity index (χ1) is 12.3. The van der Waals surface area contributed by atoms with Crippen molar-refractivity contribution >= 4 is 0 Å². The van der Waals surface area contributed by atoms with Gasteiger partial charge in [0.05, 0.1) is 6.61 Å². The zero-order chi connectivity index (χ0) is 16.8. The van der Waals surface area contributed by atoms with Crippen LogP contribution in [-0.4, -0.2) is 17.8 Å². The highest BCUT2D eigenvalue weighted by atomic mass is 16.5. The predicted molar refractivity (Wildman–Crippen MR) is 99.2 cm³/mol. The van der Waals surface area contributed by atoms with E-state index in [0.29, 0.717) is 5.92 Å². The van der Waals surface area contributed by atoms with E-state index >= 15 is 0 Å². The summed E-state index contributed by atoms with van der Waals surface area (Å²) >= 11 is 0. The highest BCUT2D eigenvalue weighted by Gasteiger charge is 2.37. The van der Waals surface area contributed by atoms with Crippen molar-refractivity contribution in [1.29, 1.82) is 0 Å². The van der Waals surface area contributed by atoms with E-state index in [0.717, 1.165) is 44.5 Å². The van der Waals surface area contributed by atoms with Crippen LogP contribution >= 0.6 is 0 Å². The van der Waals surface area contributed by atoms with Crippen LogP contribution in [0.3, 0.4) is 0 Å². The maximum absolute atomic E-state index is 11.0. The van der Waals surface area contributed by atoms with Crippen LogP contribution in [0.4, 0.5) is 0 Å². The lowest BCUT2D eigenvalue weighted by molar-refractivity contribution is 0.0984. The zero-order valence-electron chi connectivity index (χ0n) is 14.8. The van der Waals surface area contributed by atoms with Gasteiger partial charge in [-0.15, -0.1) is 0 Å². The molecule has 0 aromatic heterocycles. The predicted octanol–water partition coefficient (Wildman–Crippen LogP) is 5.17. The van der Waals surface area contributed by atoms with E-state index in [4.69, 9.17) is 4.74 Å². The van der Waals surface area contributed by atoms with E-state index in [-0.39, 0.29) is 0 Å². The molecule has 2 unspecified atom stereocenters. The van der Waals surface area contributed by atoms with Crippen molar-refractivity contribution in [3.8, 4) is 0 Å². The third-order valence-corrected chi connectivity index (χ3v) is 6.54. The number of benzene rings is 1. The van der Waals surface area contributed by atoms with E-state index in [1.165, 1.54) is 41.5 Å². The molecule has 0 fully saturated rings. The van der Waals surface area contributed by atoms with Crippen LogP contribution in [0.2, 0.25) is 0 Å². The van der Waals surface area contributed by atoms with Crippen LogP contribution in [0, 0.1) is 0 Å². The Morgan fingerprint density at radius 1 is 0.840 bits per heavy atom. The molecule has 3 aliphatic carbocycles. The molecule has 0 radical (unpaired) electrons. The van der Waals surface area contributed by atoms with Gasteiger partial charge in [0.2, 0.25) is 0 Å². The van der Waals surface area contributed by atoms with Gasteiger partial charge in [0.25, 0.3) is 0 Å². The summed E-state index contributed by atoms with van der Waals surface area (Å²) in [7, 11) is 0. The summed E-state index contributed by atoms with van der Waals surface area (Å²) in [6.07, 6.45) is 8.55. The first-order valence-corrected chi connectivity index (χ1v) is 9.80. The maximum Gasteiger partial charge on any atom is 0.133 e. The second kappa shape index (κ2) is 6.17. The lowest BCUT2D eigenvalue weighted by Gasteiger charge is -2.39. The Balaban J connectivity index is 1.47. The Bertz CT molecular complexity index is 782. The van der Waals surface area contributed by atoms with Gasteiger partial charge in [-0.1, -0.05) is 47.1 Å². The molecular weight excluding hydrogens is 308 g/mol. The fourth-order valence-corrected chi connectivity index (χ4v) is 5.33. The molecule has 0 amide bonds. The third kappa shape index (κ3) is 2.58.